The number of rotatable bonds is 5. The van der Waals surface area contributed by atoms with Crippen molar-refractivity contribution in [2.24, 2.45) is 16.3 Å². The highest BCUT2D eigenvalue weighted by Crippen LogP contribution is 2.29. The van der Waals surface area contributed by atoms with Gasteiger partial charge in [0.2, 0.25) is 5.91 Å². The second-order valence-electron chi connectivity index (χ2n) is 4.24. The van der Waals surface area contributed by atoms with E-state index in [0.29, 0.717) is 23.6 Å². The van der Waals surface area contributed by atoms with Crippen LogP contribution in [0.1, 0.15) is 26.7 Å². The van der Waals surface area contributed by atoms with Crippen molar-refractivity contribution in [2.75, 3.05) is 5.32 Å². The van der Waals surface area contributed by atoms with Crippen LogP contribution in [0.4, 0.5) is 5.69 Å². The number of halogens is 1. The molecule has 0 saturated carbocycles. The zero-order valence-electron chi connectivity index (χ0n) is 11.0. The van der Waals surface area contributed by atoms with E-state index >= 15 is 0 Å². The van der Waals surface area contributed by atoms with E-state index in [1.54, 1.807) is 24.3 Å². The molecule has 0 fully saturated rings. The summed E-state index contributed by atoms with van der Waals surface area (Å²) in [7, 11) is 0. The molecular weight excluding hydrogens is 266 g/mol. The minimum absolute atomic E-state index is 0.0861. The third-order valence-corrected chi connectivity index (χ3v) is 3.56. The number of amides is 1. The van der Waals surface area contributed by atoms with Crippen LogP contribution in [0.15, 0.2) is 29.4 Å². The summed E-state index contributed by atoms with van der Waals surface area (Å²) in [5.41, 5.74) is 5.23. The minimum atomic E-state index is -1.02. The van der Waals surface area contributed by atoms with Crippen molar-refractivity contribution in [3.05, 3.63) is 29.3 Å². The average molecular weight is 284 g/mol. The summed E-state index contributed by atoms with van der Waals surface area (Å²) in [5, 5.41) is 15.1. The molecule has 0 aliphatic rings. The molecule has 19 heavy (non-hydrogen) atoms. The van der Waals surface area contributed by atoms with Gasteiger partial charge in [-0.05, 0) is 31.0 Å². The molecule has 0 saturated heterocycles. The van der Waals surface area contributed by atoms with Crippen molar-refractivity contribution in [1.82, 2.24) is 0 Å². The van der Waals surface area contributed by atoms with Gasteiger partial charge in [0.1, 0.15) is 5.41 Å². The number of hydrogen-bond acceptors (Lipinski definition) is 3. The third-order valence-electron chi connectivity index (χ3n) is 3.32. The number of amidine groups is 1. The van der Waals surface area contributed by atoms with Gasteiger partial charge in [0.05, 0.1) is 0 Å². The fourth-order valence-corrected chi connectivity index (χ4v) is 2.15. The highest BCUT2D eigenvalue weighted by molar-refractivity contribution is 6.31. The van der Waals surface area contributed by atoms with E-state index in [1.165, 1.54) is 0 Å². The van der Waals surface area contributed by atoms with Gasteiger partial charge < -0.3 is 16.3 Å². The van der Waals surface area contributed by atoms with Gasteiger partial charge in [0, 0.05) is 10.7 Å². The number of carbonyl (C=O) groups excluding carboxylic acids is 1. The Hall–Kier alpha value is -1.75. The maximum absolute atomic E-state index is 12.4. The lowest BCUT2D eigenvalue weighted by Gasteiger charge is -2.28. The van der Waals surface area contributed by atoms with E-state index in [2.05, 4.69) is 10.5 Å². The SMILES string of the molecule is CCC(CC)(C(=O)Nc1cccc(Cl)c1)C(N)=NO. The van der Waals surface area contributed by atoms with Crippen molar-refractivity contribution >= 4 is 29.0 Å². The summed E-state index contributed by atoms with van der Waals surface area (Å²) < 4.78 is 0. The molecule has 0 atom stereocenters. The van der Waals surface area contributed by atoms with Gasteiger partial charge in [-0.1, -0.05) is 36.7 Å². The highest BCUT2D eigenvalue weighted by Gasteiger charge is 2.39. The lowest BCUT2D eigenvalue weighted by Crippen LogP contribution is -2.46. The van der Waals surface area contributed by atoms with E-state index < -0.39 is 5.41 Å². The highest BCUT2D eigenvalue weighted by atomic mass is 35.5. The topological polar surface area (TPSA) is 87.7 Å². The second kappa shape index (κ2) is 6.43. The lowest BCUT2D eigenvalue weighted by atomic mass is 9.80. The van der Waals surface area contributed by atoms with Gasteiger partial charge in [-0.25, -0.2) is 0 Å². The van der Waals surface area contributed by atoms with Gasteiger partial charge in [-0.15, -0.1) is 0 Å². The minimum Gasteiger partial charge on any atom is -0.409 e. The number of anilines is 1. The number of nitrogens with zero attached hydrogens (tertiary/aromatic N) is 1. The molecule has 1 aromatic rings. The number of hydrogen-bond donors (Lipinski definition) is 3. The molecule has 0 aromatic heterocycles. The Morgan fingerprint density at radius 1 is 1.47 bits per heavy atom. The number of benzene rings is 1. The fraction of sp³-hybridized carbons (Fsp3) is 0.385. The predicted molar refractivity (Wildman–Crippen MR) is 76.5 cm³/mol. The molecule has 0 unspecified atom stereocenters. The van der Waals surface area contributed by atoms with Gasteiger partial charge in [0.25, 0.3) is 0 Å². The zero-order valence-corrected chi connectivity index (χ0v) is 11.7. The monoisotopic (exact) mass is 283 g/mol. The first kappa shape index (κ1) is 15.3. The Morgan fingerprint density at radius 2 is 2.11 bits per heavy atom. The van der Waals surface area contributed by atoms with E-state index in [0.717, 1.165) is 0 Å². The Morgan fingerprint density at radius 3 is 2.58 bits per heavy atom. The van der Waals surface area contributed by atoms with Crippen molar-refractivity contribution in [3.63, 3.8) is 0 Å². The number of carbonyl (C=O) groups is 1. The third kappa shape index (κ3) is 3.17. The van der Waals surface area contributed by atoms with Crippen LogP contribution in [0.5, 0.6) is 0 Å². The largest absolute Gasteiger partial charge is 0.409 e. The van der Waals surface area contributed by atoms with Crippen molar-refractivity contribution in [3.8, 4) is 0 Å². The van der Waals surface area contributed by atoms with Gasteiger partial charge in [0.15, 0.2) is 5.84 Å². The molecule has 5 nitrogen and oxygen atoms in total. The molecule has 1 rings (SSSR count). The van der Waals surface area contributed by atoms with Crippen LogP contribution in [0.25, 0.3) is 0 Å². The molecule has 0 aliphatic heterocycles. The van der Waals surface area contributed by atoms with Crippen LogP contribution in [-0.2, 0) is 4.79 Å². The molecule has 104 valence electrons. The van der Waals surface area contributed by atoms with E-state index in [1.807, 2.05) is 13.8 Å². The Bertz CT molecular complexity index is 485. The first-order valence-corrected chi connectivity index (χ1v) is 6.43. The first-order valence-electron chi connectivity index (χ1n) is 6.05. The smallest absolute Gasteiger partial charge is 0.238 e. The summed E-state index contributed by atoms with van der Waals surface area (Å²) in [6, 6.07) is 6.82. The molecule has 1 aromatic carbocycles. The standard InChI is InChI=1S/C13H18ClN3O2/c1-3-13(4-2,11(15)17-19)12(18)16-10-7-5-6-9(14)8-10/h5-8,19H,3-4H2,1-2H3,(H2,15,17)(H,16,18). The summed E-state index contributed by atoms with van der Waals surface area (Å²) in [6.07, 6.45) is 0.873. The summed E-state index contributed by atoms with van der Waals surface area (Å²) in [6.45, 7) is 3.64. The van der Waals surface area contributed by atoms with Crippen LogP contribution in [0, 0.1) is 5.41 Å². The number of oxime groups is 1. The lowest BCUT2D eigenvalue weighted by molar-refractivity contribution is -0.122. The summed E-state index contributed by atoms with van der Waals surface area (Å²) in [5.74, 6) is -0.396. The Balaban J connectivity index is 3.02. The van der Waals surface area contributed by atoms with E-state index in [-0.39, 0.29) is 11.7 Å². The molecule has 0 radical (unpaired) electrons. The van der Waals surface area contributed by atoms with Crippen LogP contribution in [-0.4, -0.2) is 17.0 Å². The molecule has 0 heterocycles. The Labute approximate surface area is 117 Å². The molecular formula is C13H18ClN3O2. The molecule has 0 bridgehead atoms. The summed E-state index contributed by atoms with van der Waals surface area (Å²) in [4.78, 5) is 12.4. The zero-order chi connectivity index (χ0) is 14.5. The van der Waals surface area contributed by atoms with E-state index in [9.17, 15) is 4.79 Å². The average Bonchev–Trinajstić information content (AvgIpc) is 2.40. The molecule has 0 aliphatic carbocycles. The van der Waals surface area contributed by atoms with Crippen LogP contribution in [0.3, 0.4) is 0 Å². The Kier molecular flexibility index (Phi) is 5.18. The maximum atomic E-state index is 12.4. The number of nitrogens with two attached hydrogens (primary N) is 1. The van der Waals surface area contributed by atoms with E-state index in [4.69, 9.17) is 22.5 Å². The van der Waals surface area contributed by atoms with Crippen LogP contribution < -0.4 is 11.1 Å². The van der Waals surface area contributed by atoms with Crippen molar-refractivity contribution in [1.29, 1.82) is 0 Å². The molecule has 4 N–H and O–H groups in total. The molecule has 0 spiro atoms. The second-order valence-corrected chi connectivity index (χ2v) is 4.68. The van der Waals surface area contributed by atoms with Crippen molar-refractivity contribution in [2.45, 2.75) is 26.7 Å². The maximum Gasteiger partial charge on any atom is 0.238 e. The van der Waals surface area contributed by atoms with Crippen LogP contribution >= 0.6 is 11.6 Å². The quantitative estimate of drug-likeness (QED) is 0.336. The van der Waals surface area contributed by atoms with Gasteiger partial charge >= 0.3 is 0 Å². The van der Waals surface area contributed by atoms with Gasteiger partial charge in [-0.2, -0.15) is 0 Å². The first-order chi connectivity index (χ1) is 9.00. The fourth-order valence-electron chi connectivity index (χ4n) is 1.96. The molecule has 1 amide bonds. The van der Waals surface area contributed by atoms with Crippen molar-refractivity contribution < 1.29 is 10.0 Å². The molecule has 6 heteroatoms. The number of nitrogens with one attached hydrogen (secondary N) is 1. The van der Waals surface area contributed by atoms with Crippen LogP contribution in [0.2, 0.25) is 5.02 Å². The predicted octanol–water partition coefficient (Wildman–Crippen LogP) is 2.83. The summed E-state index contributed by atoms with van der Waals surface area (Å²) >= 11 is 5.86. The van der Waals surface area contributed by atoms with Gasteiger partial charge in [-0.3, -0.25) is 4.79 Å². The normalized spacial score (nSPS) is 12.3.